The van der Waals surface area contributed by atoms with Crippen LogP contribution in [-0.4, -0.2) is 44.5 Å². The van der Waals surface area contributed by atoms with Crippen LogP contribution >= 0.6 is 0 Å². The first-order valence-corrected chi connectivity index (χ1v) is 12.3. The number of alkyl halides is 3. The monoisotopic (exact) mass is 554 g/mol. The average Bonchev–Trinajstić information content (AvgIpc) is 3.23. The Morgan fingerprint density at radius 1 is 1.31 bits per heavy atom. The van der Waals surface area contributed by atoms with E-state index in [1.165, 1.54) is 29.1 Å². The Bertz CT molecular complexity index is 1370. The molecule has 13 heteroatoms. The van der Waals surface area contributed by atoms with Gasteiger partial charge in [-0.1, -0.05) is 6.07 Å². The van der Waals surface area contributed by atoms with Crippen molar-refractivity contribution in [2.45, 2.75) is 64.8 Å². The molecule has 1 aromatic carbocycles. The lowest BCUT2D eigenvalue weighted by Crippen LogP contribution is -2.31. The lowest BCUT2D eigenvalue weighted by atomic mass is 10.1. The third-order valence-electron chi connectivity index (χ3n) is 6.07. The zero-order valence-electron chi connectivity index (χ0n) is 21.3. The Labute approximate surface area is 220 Å². The second-order valence-electron chi connectivity index (χ2n) is 8.84. The first-order valence-electron chi connectivity index (χ1n) is 12.3. The number of rotatable bonds is 9. The SMILES string of the molecule is CCn1c(COC2CCCCO2)nn(-c2cc(O[C@@H](C)C(F)(F)F)c(/C(F)=C/c3cccnc3)cc2F)c1=O. The van der Waals surface area contributed by atoms with E-state index in [0.717, 1.165) is 31.9 Å². The Morgan fingerprint density at radius 3 is 2.74 bits per heavy atom. The van der Waals surface area contributed by atoms with Gasteiger partial charge in [0.25, 0.3) is 0 Å². The van der Waals surface area contributed by atoms with Gasteiger partial charge < -0.3 is 14.2 Å². The van der Waals surface area contributed by atoms with Gasteiger partial charge in [0, 0.05) is 31.6 Å². The summed E-state index contributed by atoms with van der Waals surface area (Å²) in [6.07, 6.45) is -1.36. The third-order valence-corrected chi connectivity index (χ3v) is 6.07. The minimum Gasteiger partial charge on any atom is -0.480 e. The van der Waals surface area contributed by atoms with Gasteiger partial charge in [0.2, 0.25) is 0 Å². The predicted molar refractivity (Wildman–Crippen MR) is 131 cm³/mol. The van der Waals surface area contributed by atoms with Gasteiger partial charge in [0.15, 0.2) is 18.2 Å². The molecule has 1 unspecified atom stereocenters. The van der Waals surface area contributed by atoms with Crippen molar-refractivity contribution in [3.8, 4) is 11.4 Å². The fourth-order valence-corrected chi connectivity index (χ4v) is 3.96. The van der Waals surface area contributed by atoms with E-state index in [0.29, 0.717) is 29.3 Å². The summed E-state index contributed by atoms with van der Waals surface area (Å²) in [6.45, 7) is 3.00. The summed E-state index contributed by atoms with van der Waals surface area (Å²) in [4.78, 5) is 16.9. The van der Waals surface area contributed by atoms with Crippen LogP contribution in [0.2, 0.25) is 0 Å². The highest BCUT2D eigenvalue weighted by Crippen LogP contribution is 2.35. The van der Waals surface area contributed by atoms with E-state index in [9.17, 15) is 18.0 Å². The fraction of sp³-hybridized carbons (Fsp3) is 0.423. The highest BCUT2D eigenvalue weighted by molar-refractivity contribution is 5.80. The number of aromatic nitrogens is 4. The molecule has 3 aromatic rings. The van der Waals surface area contributed by atoms with Crippen LogP contribution in [0.3, 0.4) is 0 Å². The quantitative estimate of drug-likeness (QED) is 0.329. The molecule has 1 saturated heterocycles. The molecule has 1 aliphatic heterocycles. The summed E-state index contributed by atoms with van der Waals surface area (Å²) < 4.78 is 88.7. The lowest BCUT2D eigenvalue weighted by molar-refractivity contribution is -0.189. The molecule has 0 amide bonds. The van der Waals surface area contributed by atoms with E-state index in [-0.39, 0.29) is 19.0 Å². The van der Waals surface area contributed by atoms with Crippen LogP contribution < -0.4 is 10.4 Å². The Balaban J connectivity index is 1.75. The third kappa shape index (κ3) is 6.71. The van der Waals surface area contributed by atoms with E-state index in [4.69, 9.17) is 14.2 Å². The smallest absolute Gasteiger partial charge is 0.425 e. The molecule has 39 heavy (non-hydrogen) atoms. The van der Waals surface area contributed by atoms with Crippen molar-refractivity contribution in [1.29, 1.82) is 0 Å². The van der Waals surface area contributed by atoms with Crippen molar-refractivity contribution in [1.82, 2.24) is 19.3 Å². The molecule has 0 bridgehead atoms. The van der Waals surface area contributed by atoms with Gasteiger partial charge in [-0.2, -0.15) is 17.9 Å². The molecule has 0 spiro atoms. The van der Waals surface area contributed by atoms with E-state index >= 15 is 8.78 Å². The largest absolute Gasteiger partial charge is 0.480 e. The van der Waals surface area contributed by atoms with Crippen LogP contribution in [0.4, 0.5) is 22.0 Å². The van der Waals surface area contributed by atoms with Gasteiger partial charge in [-0.3, -0.25) is 9.55 Å². The lowest BCUT2D eigenvalue weighted by Gasteiger charge is -2.22. The zero-order chi connectivity index (χ0) is 28.2. The van der Waals surface area contributed by atoms with Gasteiger partial charge in [0.05, 0.1) is 5.56 Å². The van der Waals surface area contributed by atoms with Gasteiger partial charge in [-0.05, 0) is 56.9 Å². The predicted octanol–water partition coefficient (Wildman–Crippen LogP) is 5.43. The topological polar surface area (TPSA) is 80.4 Å². The van der Waals surface area contributed by atoms with E-state index in [2.05, 4.69) is 10.1 Å². The summed E-state index contributed by atoms with van der Waals surface area (Å²) in [6, 6.07) is 4.53. The first-order chi connectivity index (χ1) is 18.6. The van der Waals surface area contributed by atoms with Crippen molar-refractivity contribution in [2.24, 2.45) is 0 Å². The Morgan fingerprint density at radius 2 is 2.10 bits per heavy atom. The maximum atomic E-state index is 15.3. The molecule has 4 rings (SSSR count). The molecule has 1 fully saturated rings. The van der Waals surface area contributed by atoms with Crippen molar-refractivity contribution in [3.05, 3.63) is 69.9 Å². The number of benzene rings is 1. The summed E-state index contributed by atoms with van der Waals surface area (Å²) in [5, 5.41) is 4.16. The molecule has 210 valence electrons. The second kappa shape index (κ2) is 12.1. The highest BCUT2D eigenvalue weighted by atomic mass is 19.4. The molecule has 3 heterocycles. The Kier molecular flexibility index (Phi) is 8.80. The number of hydrogen-bond donors (Lipinski definition) is 0. The molecule has 1 aliphatic rings. The van der Waals surface area contributed by atoms with E-state index in [1.54, 1.807) is 6.92 Å². The van der Waals surface area contributed by atoms with Crippen LogP contribution in [0.25, 0.3) is 17.6 Å². The summed E-state index contributed by atoms with van der Waals surface area (Å²) in [5.41, 5.74) is -1.55. The van der Waals surface area contributed by atoms with Crippen LogP contribution in [-0.2, 0) is 22.6 Å². The fourth-order valence-electron chi connectivity index (χ4n) is 3.96. The van der Waals surface area contributed by atoms with Crippen molar-refractivity contribution >= 4 is 11.9 Å². The maximum absolute atomic E-state index is 15.3. The molecular formula is C26H27F5N4O4. The van der Waals surface area contributed by atoms with Gasteiger partial charge >= 0.3 is 11.9 Å². The minimum atomic E-state index is -4.79. The zero-order valence-corrected chi connectivity index (χ0v) is 21.3. The van der Waals surface area contributed by atoms with E-state index < -0.39 is 52.9 Å². The van der Waals surface area contributed by atoms with Gasteiger partial charge in [-0.25, -0.2) is 13.6 Å². The van der Waals surface area contributed by atoms with Crippen molar-refractivity contribution in [2.75, 3.05) is 6.61 Å². The number of hydrogen-bond acceptors (Lipinski definition) is 6. The molecule has 0 saturated carbocycles. The first kappa shape index (κ1) is 28.4. The van der Waals surface area contributed by atoms with Crippen LogP contribution in [0, 0.1) is 5.82 Å². The average molecular weight is 555 g/mol. The molecule has 0 N–H and O–H groups in total. The van der Waals surface area contributed by atoms with E-state index in [1.807, 2.05) is 0 Å². The number of pyridine rings is 1. The van der Waals surface area contributed by atoms with Crippen LogP contribution in [0.5, 0.6) is 5.75 Å². The highest BCUT2D eigenvalue weighted by Gasteiger charge is 2.39. The minimum absolute atomic E-state index is 0.114. The molecule has 0 aliphatic carbocycles. The second-order valence-corrected chi connectivity index (χ2v) is 8.84. The molecular weight excluding hydrogens is 527 g/mol. The summed E-state index contributed by atoms with van der Waals surface area (Å²) >= 11 is 0. The van der Waals surface area contributed by atoms with Crippen LogP contribution in [0.15, 0.2) is 41.5 Å². The molecule has 2 atom stereocenters. The van der Waals surface area contributed by atoms with Gasteiger partial charge in [0.1, 0.15) is 29.7 Å². The van der Waals surface area contributed by atoms with Gasteiger partial charge in [-0.15, -0.1) is 5.10 Å². The Hall–Kier alpha value is -3.58. The number of ether oxygens (including phenoxy) is 3. The molecule has 8 nitrogen and oxygen atoms in total. The van der Waals surface area contributed by atoms with Crippen molar-refractivity contribution in [3.63, 3.8) is 0 Å². The molecule has 2 aromatic heterocycles. The number of halogens is 5. The van der Waals surface area contributed by atoms with Crippen molar-refractivity contribution < 1.29 is 36.2 Å². The number of nitrogens with zero attached hydrogens (tertiary/aromatic N) is 4. The summed E-state index contributed by atoms with van der Waals surface area (Å²) in [5.74, 6) is -2.63. The maximum Gasteiger partial charge on any atom is 0.425 e. The normalized spacial score (nSPS) is 17.3. The standard InChI is InChI=1S/C26H27F5N4O4/c1-3-34-23(15-38-24-8-4-5-10-37-24)33-35(25(34)36)21-13-22(39-16(2)26(29,30)31)18(12-20(21)28)19(27)11-17-7-6-9-32-14-17/h6-7,9,11-14,16,24H,3-5,8,10,15H2,1-2H3/b19-11-/t16-,24?/m0/s1. The molecule has 0 radical (unpaired) electrons. The van der Waals surface area contributed by atoms with Crippen LogP contribution in [0.1, 0.15) is 50.1 Å². The summed E-state index contributed by atoms with van der Waals surface area (Å²) in [7, 11) is 0.